The highest BCUT2D eigenvalue weighted by Gasteiger charge is 2.10. The summed E-state index contributed by atoms with van der Waals surface area (Å²) in [6.07, 6.45) is 0. The number of anilines is 3. The van der Waals surface area contributed by atoms with Gasteiger partial charge in [0.1, 0.15) is 5.82 Å². The summed E-state index contributed by atoms with van der Waals surface area (Å²) in [6.45, 7) is 0. The van der Waals surface area contributed by atoms with Gasteiger partial charge in [0.2, 0.25) is 0 Å². The Kier molecular flexibility index (Phi) is 3.33. The molecule has 88 valence electrons. The van der Waals surface area contributed by atoms with Crippen molar-refractivity contribution in [2.24, 2.45) is 0 Å². The van der Waals surface area contributed by atoms with Crippen LogP contribution in [0.15, 0.2) is 46.9 Å². The average molecular weight is 295 g/mol. The Labute approximate surface area is 108 Å². The summed E-state index contributed by atoms with van der Waals surface area (Å²) in [7, 11) is 1.89. The first-order valence-electron chi connectivity index (χ1n) is 5.13. The molecule has 4 heteroatoms. The lowest BCUT2D eigenvalue weighted by atomic mass is 10.2. The fourth-order valence-electron chi connectivity index (χ4n) is 1.68. The molecule has 2 aromatic carbocycles. The van der Waals surface area contributed by atoms with Crippen molar-refractivity contribution in [2.45, 2.75) is 0 Å². The van der Waals surface area contributed by atoms with Gasteiger partial charge in [0, 0.05) is 11.5 Å². The van der Waals surface area contributed by atoms with Gasteiger partial charge in [0.25, 0.3) is 0 Å². The first-order valence-corrected chi connectivity index (χ1v) is 5.92. The van der Waals surface area contributed by atoms with Crippen molar-refractivity contribution in [3.05, 3.63) is 52.8 Å². The molecule has 0 bridgehead atoms. The van der Waals surface area contributed by atoms with Crippen LogP contribution in [0.1, 0.15) is 0 Å². The predicted octanol–water partition coefficient (Wildman–Crippen LogP) is 3.94. The van der Waals surface area contributed by atoms with Crippen LogP contribution in [-0.2, 0) is 0 Å². The maximum absolute atomic E-state index is 13.0. The highest BCUT2D eigenvalue weighted by molar-refractivity contribution is 9.10. The van der Waals surface area contributed by atoms with Crippen molar-refractivity contribution in [3.8, 4) is 0 Å². The van der Waals surface area contributed by atoms with E-state index in [1.54, 1.807) is 6.07 Å². The zero-order chi connectivity index (χ0) is 12.4. The maximum Gasteiger partial charge on any atom is 0.125 e. The molecule has 2 N–H and O–H groups in total. The number of nitrogens with zero attached hydrogens (tertiary/aromatic N) is 1. The van der Waals surface area contributed by atoms with Crippen LogP contribution >= 0.6 is 15.9 Å². The average Bonchev–Trinajstić information content (AvgIpc) is 2.29. The SMILES string of the molecule is CN(c1ccc(F)cc1N)c1ccccc1Br. The predicted molar refractivity (Wildman–Crippen MR) is 73.0 cm³/mol. The van der Waals surface area contributed by atoms with Crippen LogP contribution in [0.2, 0.25) is 0 Å². The van der Waals surface area contributed by atoms with E-state index in [2.05, 4.69) is 15.9 Å². The molecule has 0 radical (unpaired) electrons. The van der Waals surface area contributed by atoms with E-state index in [-0.39, 0.29) is 5.82 Å². The molecular weight excluding hydrogens is 283 g/mol. The Balaban J connectivity index is 2.44. The zero-order valence-corrected chi connectivity index (χ0v) is 10.9. The van der Waals surface area contributed by atoms with Gasteiger partial charge in [0.15, 0.2) is 0 Å². The van der Waals surface area contributed by atoms with E-state index in [1.807, 2.05) is 36.2 Å². The number of nitrogens with two attached hydrogens (primary N) is 1. The lowest BCUT2D eigenvalue weighted by molar-refractivity contribution is 0.628. The quantitative estimate of drug-likeness (QED) is 0.850. The Hall–Kier alpha value is -1.55. The molecule has 0 spiro atoms. The minimum absolute atomic E-state index is 0.327. The second kappa shape index (κ2) is 4.75. The molecule has 0 fully saturated rings. The normalized spacial score (nSPS) is 10.3. The van der Waals surface area contributed by atoms with Gasteiger partial charge in [-0.1, -0.05) is 12.1 Å². The molecule has 0 amide bonds. The summed E-state index contributed by atoms with van der Waals surface area (Å²) in [5.41, 5.74) is 7.99. The summed E-state index contributed by atoms with van der Waals surface area (Å²) in [5, 5.41) is 0. The molecule has 0 saturated heterocycles. The van der Waals surface area contributed by atoms with Crippen LogP contribution in [0.3, 0.4) is 0 Å². The van der Waals surface area contributed by atoms with Crippen molar-refractivity contribution >= 4 is 33.0 Å². The van der Waals surface area contributed by atoms with Crippen LogP contribution in [0, 0.1) is 5.82 Å². The molecule has 0 aliphatic rings. The van der Waals surface area contributed by atoms with Crippen molar-refractivity contribution in [2.75, 3.05) is 17.7 Å². The summed E-state index contributed by atoms with van der Waals surface area (Å²) < 4.78 is 13.9. The summed E-state index contributed by atoms with van der Waals surface area (Å²) in [6, 6.07) is 12.2. The first-order chi connectivity index (χ1) is 8.09. The van der Waals surface area contributed by atoms with Crippen LogP contribution in [0.5, 0.6) is 0 Å². The smallest absolute Gasteiger partial charge is 0.125 e. The van der Waals surface area contributed by atoms with Gasteiger partial charge in [-0.2, -0.15) is 0 Å². The van der Waals surface area contributed by atoms with Gasteiger partial charge in [-0.3, -0.25) is 0 Å². The van der Waals surface area contributed by atoms with E-state index >= 15 is 0 Å². The number of benzene rings is 2. The Morgan fingerprint density at radius 3 is 2.47 bits per heavy atom. The zero-order valence-electron chi connectivity index (χ0n) is 9.32. The van der Waals surface area contributed by atoms with E-state index < -0.39 is 0 Å². The number of halogens is 2. The monoisotopic (exact) mass is 294 g/mol. The highest BCUT2D eigenvalue weighted by atomic mass is 79.9. The van der Waals surface area contributed by atoms with Crippen molar-refractivity contribution < 1.29 is 4.39 Å². The minimum Gasteiger partial charge on any atom is -0.397 e. The third-order valence-corrected chi connectivity index (χ3v) is 3.24. The summed E-state index contributed by atoms with van der Waals surface area (Å²) >= 11 is 3.48. The summed E-state index contributed by atoms with van der Waals surface area (Å²) in [4.78, 5) is 1.92. The number of rotatable bonds is 2. The fraction of sp³-hybridized carbons (Fsp3) is 0.0769. The standard InChI is InChI=1S/C13H12BrFN2/c1-17(12-5-3-2-4-10(12)14)13-7-6-9(15)8-11(13)16/h2-8H,16H2,1H3. The second-order valence-corrected chi connectivity index (χ2v) is 4.57. The third-order valence-electron chi connectivity index (χ3n) is 2.56. The van der Waals surface area contributed by atoms with Crippen LogP contribution in [-0.4, -0.2) is 7.05 Å². The minimum atomic E-state index is -0.327. The molecule has 17 heavy (non-hydrogen) atoms. The third kappa shape index (κ3) is 2.42. The van der Waals surface area contributed by atoms with Gasteiger partial charge in [-0.05, 0) is 46.3 Å². The number of hydrogen-bond acceptors (Lipinski definition) is 2. The van der Waals surface area contributed by atoms with Crippen molar-refractivity contribution in [3.63, 3.8) is 0 Å². The lowest BCUT2D eigenvalue weighted by Gasteiger charge is -2.22. The van der Waals surface area contributed by atoms with Gasteiger partial charge in [-0.15, -0.1) is 0 Å². The molecule has 2 aromatic rings. The number of para-hydroxylation sites is 1. The van der Waals surface area contributed by atoms with Crippen molar-refractivity contribution in [1.29, 1.82) is 0 Å². The van der Waals surface area contributed by atoms with Crippen LogP contribution in [0.4, 0.5) is 21.5 Å². The van der Waals surface area contributed by atoms with E-state index in [1.165, 1.54) is 12.1 Å². The Bertz CT molecular complexity index is 543. The number of hydrogen-bond donors (Lipinski definition) is 1. The van der Waals surface area contributed by atoms with E-state index in [9.17, 15) is 4.39 Å². The van der Waals surface area contributed by atoms with Crippen LogP contribution < -0.4 is 10.6 Å². The van der Waals surface area contributed by atoms with Crippen molar-refractivity contribution in [1.82, 2.24) is 0 Å². The largest absolute Gasteiger partial charge is 0.397 e. The maximum atomic E-state index is 13.0. The molecule has 0 saturated carbocycles. The van der Waals surface area contributed by atoms with Gasteiger partial charge >= 0.3 is 0 Å². The Morgan fingerprint density at radius 1 is 1.12 bits per heavy atom. The molecule has 2 nitrogen and oxygen atoms in total. The second-order valence-electron chi connectivity index (χ2n) is 3.71. The molecule has 0 atom stereocenters. The molecule has 2 rings (SSSR count). The van der Waals surface area contributed by atoms with Gasteiger partial charge in [-0.25, -0.2) is 4.39 Å². The highest BCUT2D eigenvalue weighted by Crippen LogP contribution is 2.33. The first kappa shape index (κ1) is 11.9. The van der Waals surface area contributed by atoms with Gasteiger partial charge in [0.05, 0.1) is 17.1 Å². The number of nitrogen functional groups attached to an aromatic ring is 1. The molecule has 0 aromatic heterocycles. The molecule has 0 heterocycles. The molecule has 0 aliphatic heterocycles. The van der Waals surface area contributed by atoms with Gasteiger partial charge < -0.3 is 10.6 Å². The molecule has 0 unspecified atom stereocenters. The summed E-state index contributed by atoms with van der Waals surface area (Å²) in [5.74, 6) is -0.327. The Morgan fingerprint density at radius 2 is 1.82 bits per heavy atom. The topological polar surface area (TPSA) is 29.3 Å². The lowest BCUT2D eigenvalue weighted by Crippen LogP contribution is -2.12. The fourth-order valence-corrected chi connectivity index (χ4v) is 2.24. The molecular formula is C13H12BrFN2. The van der Waals surface area contributed by atoms with E-state index in [4.69, 9.17) is 5.73 Å². The van der Waals surface area contributed by atoms with Crippen LogP contribution in [0.25, 0.3) is 0 Å². The van der Waals surface area contributed by atoms with E-state index in [0.29, 0.717) is 5.69 Å². The van der Waals surface area contributed by atoms with E-state index in [0.717, 1.165) is 15.8 Å². The molecule has 0 aliphatic carbocycles.